The second kappa shape index (κ2) is 8.75. The lowest BCUT2D eigenvalue weighted by Gasteiger charge is -2.34. The van der Waals surface area contributed by atoms with Crippen molar-refractivity contribution in [2.45, 2.75) is 31.1 Å². The predicted molar refractivity (Wildman–Crippen MR) is 117 cm³/mol. The summed E-state index contributed by atoms with van der Waals surface area (Å²) in [5, 5.41) is 19.9. The molecule has 10 nitrogen and oxygen atoms in total. The molecule has 2 fully saturated rings. The molecule has 4 rings (SSSR count). The van der Waals surface area contributed by atoms with Crippen LogP contribution in [0.25, 0.3) is 0 Å². The Balaban J connectivity index is 1.42. The molecule has 0 radical (unpaired) electrons. The quantitative estimate of drug-likeness (QED) is 0.507. The summed E-state index contributed by atoms with van der Waals surface area (Å²) in [5.74, 6) is 1.61. The van der Waals surface area contributed by atoms with Crippen LogP contribution in [0.3, 0.4) is 0 Å². The predicted octanol–water partition coefficient (Wildman–Crippen LogP) is 2.19. The van der Waals surface area contributed by atoms with Crippen molar-refractivity contribution in [3.8, 4) is 0 Å². The molecule has 0 bridgehead atoms. The van der Waals surface area contributed by atoms with Gasteiger partial charge in [-0.2, -0.15) is 4.31 Å². The molecule has 166 valence electrons. The van der Waals surface area contributed by atoms with Crippen LogP contribution < -0.4 is 9.80 Å². The van der Waals surface area contributed by atoms with Gasteiger partial charge < -0.3 is 9.80 Å². The Kier molecular flexibility index (Phi) is 6.05. The van der Waals surface area contributed by atoms with E-state index in [1.165, 1.54) is 35.7 Å². The van der Waals surface area contributed by atoms with Crippen molar-refractivity contribution < 1.29 is 13.3 Å². The van der Waals surface area contributed by atoms with E-state index in [0.29, 0.717) is 18.7 Å². The average Bonchev–Trinajstić information content (AvgIpc) is 2.80. The lowest BCUT2D eigenvalue weighted by molar-refractivity contribution is -0.385. The molecule has 31 heavy (non-hydrogen) atoms. The minimum Gasteiger partial charge on any atom is -0.355 e. The van der Waals surface area contributed by atoms with Crippen LogP contribution in [0.4, 0.5) is 17.3 Å². The second-order valence-electron chi connectivity index (χ2n) is 7.89. The average molecular weight is 447 g/mol. The van der Waals surface area contributed by atoms with Gasteiger partial charge in [0.2, 0.25) is 10.0 Å². The van der Waals surface area contributed by atoms with Crippen LogP contribution >= 0.6 is 0 Å². The number of hydrogen-bond donors (Lipinski definition) is 0. The first-order chi connectivity index (χ1) is 14.9. The molecule has 2 aliphatic heterocycles. The number of piperazine rings is 1. The van der Waals surface area contributed by atoms with Crippen molar-refractivity contribution in [1.29, 1.82) is 0 Å². The molecule has 0 spiro atoms. The number of nitrogens with zero attached hydrogens (tertiary/aromatic N) is 6. The molecule has 0 amide bonds. The molecule has 11 heteroatoms. The zero-order valence-corrected chi connectivity index (χ0v) is 18.3. The van der Waals surface area contributed by atoms with Crippen molar-refractivity contribution >= 4 is 27.3 Å². The smallest absolute Gasteiger partial charge is 0.273 e. The molecule has 2 aromatic rings. The van der Waals surface area contributed by atoms with Gasteiger partial charge in [0.15, 0.2) is 11.6 Å². The molecular formula is C20H26N6O4S. The highest BCUT2D eigenvalue weighted by Crippen LogP contribution is 2.26. The summed E-state index contributed by atoms with van der Waals surface area (Å²) in [6.07, 6.45) is 3.60. The van der Waals surface area contributed by atoms with Gasteiger partial charge in [0.05, 0.1) is 9.82 Å². The van der Waals surface area contributed by atoms with E-state index in [0.717, 1.165) is 30.8 Å². The van der Waals surface area contributed by atoms with Crippen LogP contribution in [0, 0.1) is 17.0 Å². The van der Waals surface area contributed by atoms with Gasteiger partial charge in [-0.25, -0.2) is 8.42 Å². The normalized spacial score (nSPS) is 18.2. The van der Waals surface area contributed by atoms with E-state index in [1.807, 2.05) is 17.0 Å². The van der Waals surface area contributed by atoms with Crippen molar-refractivity contribution in [1.82, 2.24) is 14.5 Å². The number of hydrogen-bond acceptors (Lipinski definition) is 8. The molecule has 2 saturated heterocycles. The molecule has 2 aliphatic rings. The van der Waals surface area contributed by atoms with Gasteiger partial charge in [-0.3, -0.25) is 10.1 Å². The lowest BCUT2D eigenvalue weighted by atomic mass is 10.1. The van der Waals surface area contributed by atoms with E-state index in [2.05, 4.69) is 15.1 Å². The summed E-state index contributed by atoms with van der Waals surface area (Å²) in [5.41, 5.74) is 0.240. The fourth-order valence-corrected chi connectivity index (χ4v) is 5.47. The van der Waals surface area contributed by atoms with E-state index >= 15 is 0 Å². The molecule has 1 aromatic carbocycles. The van der Waals surface area contributed by atoms with E-state index in [9.17, 15) is 18.5 Å². The van der Waals surface area contributed by atoms with Crippen molar-refractivity contribution in [2.24, 2.45) is 0 Å². The van der Waals surface area contributed by atoms with Crippen molar-refractivity contribution in [2.75, 3.05) is 49.1 Å². The first kappa shape index (κ1) is 21.4. The maximum atomic E-state index is 13.0. The number of piperidine rings is 1. The van der Waals surface area contributed by atoms with Crippen LogP contribution in [0.1, 0.15) is 24.8 Å². The Morgan fingerprint density at radius 2 is 1.45 bits per heavy atom. The molecule has 0 aliphatic carbocycles. The zero-order valence-electron chi connectivity index (χ0n) is 17.5. The Morgan fingerprint density at radius 3 is 2.00 bits per heavy atom. The standard InChI is InChI=1S/C20H26N6O4S/c1-16-5-6-17(15-18(16)26(27)28)31(29,30)25-13-11-24(12-14-25)20-8-7-19(21-22-20)23-9-3-2-4-10-23/h5-8,15H,2-4,9-14H2,1H3. The topological polar surface area (TPSA) is 113 Å². The third kappa shape index (κ3) is 4.47. The Labute approximate surface area is 181 Å². The summed E-state index contributed by atoms with van der Waals surface area (Å²) in [4.78, 5) is 14.8. The Bertz CT molecular complexity index is 1050. The minimum atomic E-state index is -3.80. The van der Waals surface area contributed by atoms with Crippen LogP contribution in [-0.2, 0) is 10.0 Å². The van der Waals surface area contributed by atoms with E-state index in [-0.39, 0.29) is 23.7 Å². The monoisotopic (exact) mass is 446 g/mol. The minimum absolute atomic E-state index is 0.0519. The highest BCUT2D eigenvalue weighted by molar-refractivity contribution is 7.89. The third-order valence-corrected chi connectivity index (χ3v) is 7.79. The van der Waals surface area contributed by atoms with Crippen LogP contribution in [0.15, 0.2) is 35.2 Å². The number of aromatic nitrogens is 2. The summed E-state index contributed by atoms with van der Waals surface area (Å²) in [6.45, 7) is 5.10. The second-order valence-corrected chi connectivity index (χ2v) is 9.83. The van der Waals surface area contributed by atoms with Crippen LogP contribution in [0.5, 0.6) is 0 Å². The van der Waals surface area contributed by atoms with E-state index < -0.39 is 14.9 Å². The fraction of sp³-hybridized carbons (Fsp3) is 0.500. The van der Waals surface area contributed by atoms with Gasteiger partial charge in [0.1, 0.15) is 0 Å². The highest BCUT2D eigenvalue weighted by atomic mass is 32.2. The molecule has 0 saturated carbocycles. The summed E-state index contributed by atoms with van der Waals surface area (Å²) in [7, 11) is -3.80. The SMILES string of the molecule is Cc1ccc(S(=O)(=O)N2CCN(c3ccc(N4CCCCC4)nn3)CC2)cc1[N+](=O)[O-]. The van der Waals surface area contributed by atoms with Crippen LogP contribution in [-0.4, -0.2) is 67.1 Å². The van der Waals surface area contributed by atoms with Gasteiger partial charge >= 0.3 is 0 Å². The number of aryl methyl sites for hydroxylation is 1. The lowest BCUT2D eigenvalue weighted by Crippen LogP contribution is -2.49. The van der Waals surface area contributed by atoms with Gasteiger partial charge in [0.25, 0.3) is 5.69 Å². The first-order valence-electron chi connectivity index (χ1n) is 10.4. The molecule has 1 aromatic heterocycles. The first-order valence-corrected chi connectivity index (χ1v) is 11.9. The van der Waals surface area contributed by atoms with E-state index in [1.54, 1.807) is 6.92 Å². The largest absolute Gasteiger partial charge is 0.355 e. The number of benzene rings is 1. The molecule has 3 heterocycles. The van der Waals surface area contributed by atoms with Crippen LogP contribution in [0.2, 0.25) is 0 Å². The van der Waals surface area contributed by atoms with Gasteiger partial charge in [-0.1, -0.05) is 6.07 Å². The van der Waals surface area contributed by atoms with Gasteiger partial charge in [-0.05, 0) is 44.4 Å². The Morgan fingerprint density at radius 1 is 0.871 bits per heavy atom. The number of nitro groups is 1. The molecule has 0 N–H and O–H groups in total. The molecular weight excluding hydrogens is 420 g/mol. The maximum Gasteiger partial charge on any atom is 0.273 e. The molecule has 0 unspecified atom stereocenters. The Hall–Kier alpha value is -2.79. The maximum absolute atomic E-state index is 13.0. The number of nitro benzene ring substituents is 1. The summed E-state index contributed by atoms with van der Waals surface area (Å²) < 4.78 is 27.3. The summed E-state index contributed by atoms with van der Waals surface area (Å²) >= 11 is 0. The number of rotatable bonds is 5. The third-order valence-electron chi connectivity index (χ3n) is 5.89. The highest BCUT2D eigenvalue weighted by Gasteiger charge is 2.30. The van der Waals surface area contributed by atoms with E-state index in [4.69, 9.17) is 0 Å². The van der Waals surface area contributed by atoms with Crippen molar-refractivity contribution in [3.05, 3.63) is 46.0 Å². The number of anilines is 2. The van der Waals surface area contributed by atoms with Gasteiger partial charge in [-0.15, -0.1) is 10.2 Å². The summed E-state index contributed by atoms with van der Waals surface area (Å²) in [6, 6.07) is 7.95. The van der Waals surface area contributed by atoms with Crippen molar-refractivity contribution in [3.63, 3.8) is 0 Å². The number of sulfonamides is 1. The zero-order chi connectivity index (χ0) is 22.0. The fourth-order valence-electron chi connectivity index (χ4n) is 4.03. The molecule has 0 atom stereocenters. The van der Waals surface area contributed by atoms with Gasteiger partial charge in [0, 0.05) is 50.9 Å².